The zero-order valence-corrected chi connectivity index (χ0v) is 12.7. The summed E-state index contributed by atoms with van der Waals surface area (Å²) in [6.45, 7) is 5.74. The second kappa shape index (κ2) is 7.86. The van der Waals surface area contributed by atoms with Crippen LogP contribution in [0.1, 0.15) is 27.2 Å². The minimum absolute atomic E-state index is 0. The lowest BCUT2D eigenvalue weighted by Crippen LogP contribution is -2.37. The van der Waals surface area contributed by atoms with E-state index in [4.69, 9.17) is 10.5 Å². The van der Waals surface area contributed by atoms with E-state index in [0.717, 1.165) is 0 Å². The normalized spacial score (nSPS) is 10.6. The molecule has 8 heteroatoms. The lowest BCUT2D eigenvalue weighted by molar-refractivity contribution is -0.152. The monoisotopic (exact) mass is 304 g/mol. The lowest BCUT2D eigenvalue weighted by Gasteiger charge is -2.22. The third-order valence-corrected chi connectivity index (χ3v) is 2.59. The third-order valence-electron chi connectivity index (χ3n) is 2.59. The Kier molecular flexibility index (Phi) is 7.23. The van der Waals surface area contributed by atoms with E-state index in [9.17, 15) is 9.59 Å². The van der Waals surface area contributed by atoms with Gasteiger partial charge in [-0.15, -0.1) is 12.4 Å². The van der Waals surface area contributed by atoms with Gasteiger partial charge in [0, 0.05) is 19.2 Å². The van der Waals surface area contributed by atoms with Crippen LogP contribution in [0.25, 0.3) is 0 Å². The van der Waals surface area contributed by atoms with Crippen molar-refractivity contribution in [3.8, 4) is 0 Å². The van der Waals surface area contributed by atoms with Gasteiger partial charge in [0.05, 0.1) is 18.5 Å². The second-order valence-corrected chi connectivity index (χ2v) is 4.54. The predicted molar refractivity (Wildman–Crippen MR) is 77.7 cm³/mol. The summed E-state index contributed by atoms with van der Waals surface area (Å²) in [7, 11) is 0. The van der Waals surface area contributed by atoms with Gasteiger partial charge >= 0.3 is 5.97 Å². The molecule has 0 aliphatic rings. The number of halogens is 1. The number of carbonyl (C=O) groups excluding carboxylic acids is 2. The van der Waals surface area contributed by atoms with Crippen LogP contribution < -0.4 is 11.1 Å². The van der Waals surface area contributed by atoms with E-state index < -0.39 is 5.54 Å². The Balaban J connectivity index is 0.00000361. The molecule has 0 radical (unpaired) electrons. The number of ether oxygens (including phenoxy) is 1. The minimum Gasteiger partial charge on any atom is -0.464 e. The number of esters is 1. The average molecular weight is 305 g/mol. The molecule has 0 saturated heterocycles. The molecule has 1 aromatic rings. The van der Waals surface area contributed by atoms with Crippen LogP contribution in [0.4, 0.5) is 5.69 Å². The van der Waals surface area contributed by atoms with Gasteiger partial charge in [0.2, 0.25) is 5.91 Å². The highest BCUT2D eigenvalue weighted by atomic mass is 35.5. The van der Waals surface area contributed by atoms with Crippen LogP contribution in [-0.4, -0.2) is 34.8 Å². The molecule has 1 heterocycles. The van der Waals surface area contributed by atoms with Crippen molar-refractivity contribution in [1.29, 1.82) is 0 Å². The van der Waals surface area contributed by atoms with Gasteiger partial charge in [-0.2, -0.15) is 5.10 Å². The van der Waals surface area contributed by atoms with Crippen LogP contribution >= 0.6 is 12.4 Å². The number of carbonyl (C=O) groups is 2. The fourth-order valence-corrected chi connectivity index (χ4v) is 1.45. The van der Waals surface area contributed by atoms with Crippen LogP contribution in [0.5, 0.6) is 0 Å². The molecule has 1 rings (SSSR count). The Morgan fingerprint density at radius 3 is 2.70 bits per heavy atom. The fraction of sp³-hybridized carbons (Fsp3) is 0.583. The molecule has 7 nitrogen and oxygen atoms in total. The molecule has 0 spiro atoms. The van der Waals surface area contributed by atoms with E-state index in [1.54, 1.807) is 27.0 Å². The van der Waals surface area contributed by atoms with E-state index in [0.29, 0.717) is 12.3 Å². The van der Waals surface area contributed by atoms with E-state index in [1.807, 2.05) is 0 Å². The maximum absolute atomic E-state index is 11.8. The molecular weight excluding hydrogens is 284 g/mol. The standard InChI is InChI=1S/C12H20N4O3.ClH/c1-4-19-11(18)12(2,3)16-8-9(7-14-16)15-10(17)5-6-13;/h7-8H,4-6,13H2,1-3H3,(H,15,17);1H. The number of rotatable bonds is 6. The largest absolute Gasteiger partial charge is 0.464 e. The zero-order chi connectivity index (χ0) is 14.5. The summed E-state index contributed by atoms with van der Waals surface area (Å²) in [6.07, 6.45) is 3.31. The first-order chi connectivity index (χ1) is 8.91. The highest BCUT2D eigenvalue weighted by Crippen LogP contribution is 2.18. The first-order valence-electron chi connectivity index (χ1n) is 6.14. The Labute approximate surface area is 124 Å². The van der Waals surface area contributed by atoms with Crippen LogP contribution in [0.15, 0.2) is 12.4 Å². The number of nitrogens with one attached hydrogen (secondary N) is 1. The van der Waals surface area contributed by atoms with Gasteiger partial charge in [-0.3, -0.25) is 9.48 Å². The van der Waals surface area contributed by atoms with Gasteiger partial charge in [-0.25, -0.2) is 4.79 Å². The van der Waals surface area contributed by atoms with Gasteiger partial charge < -0.3 is 15.8 Å². The molecular formula is C12H21ClN4O3. The van der Waals surface area contributed by atoms with E-state index >= 15 is 0 Å². The first kappa shape index (κ1) is 18.4. The van der Waals surface area contributed by atoms with E-state index in [2.05, 4.69) is 10.4 Å². The molecule has 0 fully saturated rings. The quantitative estimate of drug-likeness (QED) is 0.760. The van der Waals surface area contributed by atoms with Gasteiger partial charge in [0.1, 0.15) is 0 Å². The molecule has 0 saturated carbocycles. The third kappa shape index (κ3) is 4.50. The molecule has 0 aliphatic heterocycles. The Morgan fingerprint density at radius 2 is 2.15 bits per heavy atom. The number of nitrogens with zero attached hydrogens (tertiary/aromatic N) is 2. The van der Waals surface area contributed by atoms with Crippen LogP contribution in [-0.2, 0) is 19.9 Å². The molecule has 1 aromatic heterocycles. The van der Waals surface area contributed by atoms with E-state index in [1.165, 1.54) is 10.9 Å². The van der Waals surface area contributed by atoms with Gasteiger partial charge in [-0.05, 0) is 20.8 Å². The van der Waals surface area contributed by atoms with Crippen molar-refractivity contribution >= 4 is 30.0 Å². The molecule has 0 bridgehead atoms. The summed E-state index contributed by atoms with van der Waals surface area (Å²) in [4.78, 5) is 23.2. The fourth-order valence-electron chi connectivity index (χ4n) is 1.45. The van der Waals surface area contributed by atoms with Gasteiger partial charge in [0.15, 0.2) is 5.54 Å². The highest BCUT2D eigenvalue weighted by molar-refractivity contribution is 5.90. The topological polar surface area (TPSA) is 99.2 Å². The maximum Gasteiger partial charge on any atom is 0.333 e. The zero-order valence-electron chi connectivity index (χ0n) is 11.9. The Hall–Kier alpha value is -1.60. The number of nitrogens with two attached hydrogens (primary N) is 1. The van der Waals surface area contributed by atoms with Crippen molar-refractivity contribution in [2.24, 2.45) is 5.73 Å². The summed E-state index contributed by atoms with van der Waals surface area (Å²) < 4.78 is 6.45. The Bertz CT molecular complexity index is 459. The average Bonchev–Trinajstić information content (AvgIpc) is 2.78. The smallest absolute Gasteiger partial charge is 0.333 e. The van der Waals surface area contributed by atoms with Crippen molar-refractivity contribution in [3.05, 3.63) is 12.4 Å². The lowest BCUT2D eigenvalue weighted by atomic mass is 10.1. The van der Waals surface area contributed by atoms with Crippen molar-refractivity contribution in [1.82, 2.24) is 9.78 Å². The van der Waals surface area contributed by atoms with Crippen LogP contribution in [0.3, 0.4) is 0 Å². The summed E-state index contributed by atoms with van der Waals surface area (Å²) in [5.74, 6) is -0.561. The van der Waals surface area contributed by atoms with Crippen molar-refractivity contribution in [2.75, 3.05) is 18.5 Å². The molecule has 0 unspecified atom stereocenters. The maximum atomic E-state index is 11.8. The SMILES string of the molecule is CCOC(=O)C(C)(C)n1cc(NC(=O)CCN)cn1.Cl. The number of anilines is 1. The van der Waals surface area contributed by atoms with Crippen molar-refractivity contribution in [3.63, 3.8) is 0 Å². The number of aromatic nitrogens is 2. The number of amides is 1. The molecule has 3 N–H and O–H groups in total. The summed E-state index contributed by atoms with van der Waals surface area (Å²) in [5, 5.41) is 6.73. The van der Waals surface area contributed by atoms with Crippen LogP contribution in [0, 0.1) is 0 Å². The predicted octanol–water partition coefficient (Wildman–Crippen LogP) is 0.890. The van der Waals surface area contributed by atoms with Gasteiger partial charge in [-0.1, -0.05) is 0 Å². The minimum atomic E-state index is -0.924. The summed E-state index contributed by atoms with van der Waals surface area (Å²) in [6, 6.07) is 0. The molecule has 0 aliphatic carbocycles. The van der Waals surface area contributed by atoms with Crippen LogP contribution in [0.2, 0.25) is 0 Å². The molecule has 0 aromatic carbocycles. The molecule has 0 atom stereocenters. The highest BCUT2D eigenvalue weighted by Gasteiger charge is 2.32. The molecule has 20 heavy (non-hydrogen) atoms. The number of hydrogen-bond donors (Lipinski definition) is 2. The van der Waals surface area contributed by atoms with Crippen molar-refractivity contribution < 1.29 is 14.3 Å². The molecule has 1 amide bonds. The summed E-state index contributed by atoms with van der Waals surface area (Å²) >= 11 is 0. The Morgan fingerprint density at radius 1 is 1.50 bits per heavy atom. The summed E-state index contributed by atoms with van der Waals surface area (Å²) in [5.41, 5.74) is 4.89. The van der Waals surface area contributed by atoms with Crippen molar-refractivity contribution in [2.45, 2.75) is 32.7 Å². The second-order valence-electron chi connectivity index (χ2n) is 4.54. The first-order valence-corrected chi connectivity index (χ1v) is 6.14. The molecule has 114 valence electrons. The number of hydrogen-bond acceptors (Lipinski definition) is 5. The van der Waals surface area contributed by atoms with E-state index in [-0.39, 0.29) is 37.2 Å². The van der Waals surface area contributed by atoms with Gasteiger partial charge in [0.25, 0.3) is 0 Å².